The number of likely N-dealkylation sites (tertiary alicyclic amines) is 1. The van der Waals surface area contributed by atoms with E-state index in [1.165, 1.54) is 5.56 Å². The topological polar surface area (TPSA) is 41.9 Å². The van der Waals surface area contributed by atoms with Gasteiger partial charge in [0.05, 0.1) is 13.2 Å². The Hall–Kier alpha value is -1.10. The highest BCUT2D eigenvalue weighted by molar-refractivity contribution is 5.33. The molecule has 1 aromatic rings. The summed E-state index contributed by atoms with van der Waals surface area (Å²) >= 11 is 0. The normalized spacial score (nSPS) is 22.1. The lowest BCUT2D eigenvalue weighted by Gasteiger charge is -2.41. The molecule has 2 fully saturated rings. The molecule has 0 aromatic heterocycles. The van der Waals surface area contributed by atoms with Gasteiger partial charge in [0.2, 0.25) is 0 Å². The number of aliphatic hydroxyl groups is 1. The van der Waals surface area contributed by atoms with Crippen LogP contribution in [0.25, 0.3) is 0 Å². The third-order valence-corrected chi connectivity index (χ3v) is 5.42. The van der Waals surface area contributed by atoms with Crippen molar-refractivity contribution in [2.45, 2.75) is 38.1 Å². The lowest BCUT2D eigenvalue weighted by molar-refractivity contribution is 0.0252. The van der Waals surface area contributed by atoms with Crippen LogP contribution in [0.15, 0.2) is 24.3 Å². The van der Waals surface area contributed by atoms with Crippen LogP contribution in [-0.2, 0) is 10.2 Å². The van der Waals surface area contributed by atoms with E-state index in [1.54, 1.807) is 0 Å². The van der Waals surface area contributed by atoms with Crippen molar-refractivity contribution in [3.05, 3.63) is 29.8 Å². The molecule has 0 radical (unpaired) electrons. The quantitative estimate of drug-likeness (QED) is 0.874. The molecule has 0 aliphatic carbocycles. The van der Waals surface area contributed by atoms with Gasteiger partial charge in [-0.05, 0) is 44.4 Å². The van der Waals surface area contributed by atoms with Crippen LogP contribution in [0.5, 0.6) is 5.75 Å². The number of rotatable bonds is 6. The van der Waals surface area contributed by atoms with Crippen molar-refractivity contribution >= 4 is 0 Å². The minimum Gasteiger partial charge on any atom is -0.493 e. The van der Waals surface area contributed by atoms with Crippen LogP contribution in [0, 0.1) is 5.92 Å². The second kappa shape index (κ2) is 7.20. The highest BCUT2D eigenvalue weighted by atomic mass is 16.5. The van der Waals surface area contributed by atoms with Gasteiger partial charge < -0.3 is 19.5 Å². The third-order valence-electron chi connectivity index (χ3n) is 5.42. The molecule has 0 unspecified atom stereocenters. The summed E-state index contributed by atoms with van der Waals surface area (Å²) in [5.74, 6) is 1.58. The first-order valence-corrected chi connectivity index (χ1v) is 8.79. The van der Waals surface area contributed by atoms with Crippen molar-refractivity contribution in [1.82, 2.24) is 4.90 Å². The first-order valence-electron chi connectivity index (χ1n) is 8.79. The second-order valence-electron chi connectivity index (χ2n) is 7.30. The summed E-state index contributed by atoms with van der Waals surface area (Å²) in [5.41, 5.74) is 1.06. The molecular weight excluding hydrogens is 290 g/mol. The van der Waals surface area contributed by atoms with E-state index in [4.69, 9.17) is 9.47 Å². The zero-order valence-corrected chi connectivity index (χ0v) is 14.3. The SMILES string of the molecule is CC(C)N1CC(COc2ccc(C3(CO)CCOCC3)cc2)C1. The number of ether oxygens (including phenoxy) is 2. The fourth-order valence-corrected chi connectivity index (χ4v) is 3.56. The van der Waals surface area contributed by atoms with E-state index in [-0.39, 0.29) is 12.0 Å². The average Bonchev–Trinajstić information content (AvgIpc) is 2.54. The van der Waals surface area contributed by atoms with Gasteiger partial charge in [-0.2, -0.15) is 0 Å². The van der Waals surface area contributed by atoms with Crippen molar-refractivity contribution in [1.29, 1.82) is 0 Å². The van der Waals surface area contributed by atoms with Crippen LogP contribution < -0.4 is 4.74 Å². The Bertz CT molecular complexity index is 488. The predicted molar refractivity (Wildman–Crippen MR) is 91.0 cm³/mol. The molecule has 1 aromatic carbocycles. The number of nitrogens with zero attached hydrogens (tertiary/aromatic N) is 1. The number of benzene rings is 1. The van der Waals surface area contributed by atoms with E-state index in [0.29, 0.717) is 12.0 Å². The molecule has 3 rings (SSSR count). The van der Waals surface area contributed by atoms with Crippen LogP contribution in [0.2, 0.25) is 0 Å². The molecule has 4 nitrogen and oxygen atoms in total. The molecule has 0 atom stereocenters. The molecule has 128 valence electrons. The standard InChI is InChI=1S/C19H29NO3/c1-15(2)20-11-16(12-20)13-23-18-5-3-17(4-6-18)19(14-21)7-9-22-10-8-19/h3-6,15-16,21H,7-14H2,1-2H3. The minimum atomic E-state index is -0.136. The highest BCUT2D eigenvalue weighted by Crippen LogP contribution is 2.35. The maximum atomic E-state index is 9.86. The Morgan fingerprint density at radius 2 is 1.87 bits per heavy atom. The van der Waals surface area contributed by atoms with Gasteiger partial charge in [0.1, 0.15) is 5.75 Å². The molecule has 0 saturated carbocycles. The van der Waals surface area contributed by atoms with Crippen LogP contribution in [-0.4, -0.2) is 55.6 Å². The molecule has 4 heteroatoms. The van der Waals surface area contributed by atoms with Gasteiger partial charge in [-0.3, -0.25) is 0 Å². The van der Waals surface area contributed by atoms with Crippen molar-refractivity contribution in [3.8, 4) is 5.75 Å². The fourth-order valence-electron chi connectivity index (χ4n) is 3.56. The monoisotopic (exact) mass is 319 g/mol. The summed E-state index contributed by atoms with van der Waals surface area (Å²) < 4.78 is 11.4. The molecule has 0 bridgehead atoms. The van der Waals surface area contributed by atoms with Gasteiger partial charge in [-0.1, -0.05) is 12.1 Å². The lowest BCUT2D eigenvalue weighted by atomic mass is 9.75. The number of aliphatic hydroxyl groups excluding tert-OH is 1. The van der Waals surface area contributed by atoms with Crippen LogP contribution in [0.1, 0.15) is 32.3 Å². The van der Waals surface area contributed by atoms with Gasteiger partial charge >= 0.3 is 0 Å². The van der Waals surface area contributed by atoms with E-state index in [9.17, 15) is 5.11 Å². The number of hydrogen-bond acceptors (Lipinski definition) is 4. The van der Waals surface area contributed by atoms with Gasteiger partial charge in [-0.15, -0.1) is 0 Å². The maximum absolute atomic E-state index is 9.86. The largest absolute Gasteiger partial charge is 0.493 e. The molecule has 2 saturated heterocycles. The smallest absolute Gasteiger partial charge is 0.119 e. The predicted octanol–water partition coefficient (Wildman–Crippen LogP) is 2.45. The Balaban J connectivity index is 1.53. The van der Waals surface area contributed by atoms with Gasteiger partial charge in [-0.25, -0.2) is 0 Å². The molecule has 0 amide bonds. The summed E-state index contributed by atoms with van der Waals surface area (Å²) in [7, 11) is 0. The van der Waals surface area contributed by atoms with E-state index in [0.717, 1.165) is 51.5 Å². The molecule has 2 aliphatic heterocycles. The first kappa shape index (κ1) is 16.7. The van der Waals surface area contributed by atoms with E-state index in [1.807, 2.05) is 12.1 Å². The third kappa shape index (κ3) is 3.70. The molecule has 2 heterocycles. The Kier molecular flexibility index (Phi) is 5.24. The van der Waals surface area contributed by atoms with Crippen molar-refractivity contribution in [2.75, 3.05) is 39.5 Å². The van der Waals surface area contributed by atoms with Gasteiger partial charge in [0, 0.05) is 43.7 Å². The minimum absolute atomic E-state index is 0.136. The molecule has 0 spiro atoms. The maximum Gasteiger partial charge on any atom is 0.119 e. The molecule has 2 aliphatic rings. The second-order valence-corrected chi connectivity index (χ2v) is 7.30. The van der Waals surface area contributed by atoms with Gasteiger partial charge in [0.15, 0.2) is 0 Å². The summed E-state index contributed by atoms with van der Waals surface area (Å²) in [6.07, 6.45) is 1.77. The molecule has 23 heavy (non-hydrogen) atoms. The van der Waals surface area contributed by atoms with Crippen molar-refractivity contribution in [3.63, 3.8) is 0 Å². The van der Waals surface area contributed by atoms with Gasteiger partial charge in [0.25, 0.3) is 0 Å². The summed E-state index contributed by atoms with van der Waals surface area (Å²) in [6.45, 7) is 9.20. The van der Waals surface area contributed by atoms with E-state index >= 15 is 0 Å². The highest BCUT2D eigenvalue weighted by Gasteiger charge is 2.34. The average molecular weight is 319 g/mol. The Morgan fingerprint density at radius 1 is 1.22 bits per heavy atom. The van der Waals surface area contributed by atoms with E-state index < -0.39 is 0 Å². The van der Waals surface area contributed by atoms with Crippen molar-refractivity contribution < 1.29 is 14.6 Å². The molecule has 1 N–H and O–H groups in total. The summed E-state index contributed by atoms with van der Waals surface area (Å²) in [6, 6.07) is 8.94. The van der Waals surface area contributed by atoms with Crippen LogP contribution >= 0.6 is 0 Å². The Morgan fingerprint density at radius 3 is 2.43 bits per heavy atom. The van der Waals surface area contributed by atoms with Crippen molar-refractivity contribution in [2.24, 2.45) is 5.92 Å². The first-order chi connectivity index (χ1) is 11.1. The Labute approximate surface area is 139 Å². The summed E-state index contributed by atoms with van der Waals surface area (Å²) in [5, 5.41) is 9.86. The van der Waals surface area contributed by atoms with E-state index in [2.05, 4.69) is 30.9 Å². The zero-order chi connectivity index (χ0) is 16.3. The van der Waals surface area contributed by atoms with Crippen LogP contribution in [0.3, 0.4) is 0 Å². The lowest BCUT2D eigenvalue weighted by Crippen LogP contribution is -2.52. The number of hydrogen-bond donors (Lipinski definition) is 1. The fraction of sp³-hybridized carbons (Fsp3) is 0.684. The van der Waals surface area contributed by atoms with Crippen LogP contribution in [0.4, 0.5) is 0 Å². The molecular formula is C19H29NO3. The summed E-state index contributed by atoms with van der Waals surface area (Å²) in [4.78, 5) is 2.47. The zero-order valence-electron chi connectivity index (χ0n) is 14.3.